The Hall–Kier alpha value is -2.76. The van der Waals surface area contributed by atoms with E-state index >= 15 is 0 Å². The molecule has 4 saturated heterocycles. The third-order valence-electron chi connectivity index (χ3n) is 11.8. The molecule has 24 heteroatoms. The molecule has 0 aromatic rings. The lowest BCUT2D eigenvalue weighted by atomic mass is 9.84. The molecule has 24 nitrogen and oxygen atoms in total. The number of aliphatic hydroxyl groups is 8. The van der Waals surface area contributed by atoms with Crippen LogP contribution in [-0.2, 0) is 76.0 Å². The molecule has 4 heterocycles. The quantitative estimate of drug-likeness (QED) is 0.0442. The number of rotatable bonds is 19. The number of methoxy groups -OCH3 is 5. The van der Waals surface area contributed by atoms with Crippen LogP contribution in [0.4, 0.5) is 0 Å². The average molecular weight is 903 g/mol. The zero-order chi connectivity index (χ0) is 46.0. The summed E-state index contributed by atoms with van der Waals surface area (Å²) in [5.74, 6) is -7.98. The molecule has 0 radical (unpaired) electrons. The smallest absolute Gasteiger partial charge is 0.335 e. The van der Waals surface area contributed by atoms with E-state index in [0.29, 0.717) is 0 Å². The van der Waals surface area contributed by atoms with Crippen LogP contribution >= 0.6 is 0 Å². The fourth-order valence-electron chi connectivity index (χ4n) is 8.16. The number of esters is 4. The maximum atomic E-state index is 12.9. The molecule has 358 valence electrons. The Bertz CT molecular complexity index is 1440. The van der Waals surface area contributed by atoms with Gasteiger partial charge in [0.15, 0.2) is 24.4 Å². The molecular weight excluding hydrogens is 840 g/mol. The lowest BCUT2D eigenvalue weighted by Crippen LogP contribution is -2.61. The summed E-state index contributed by atoms with van der Waals surface area (Å²) >= 11 is 0. The molecule has 8 N–H and O–H groups in total. The summed E-state index contributed by atoms with van der Waals surface area (Å²) in [5, 5.41) is 87.1. The lowest BCUT2D eigenvalue weighted by molar-refractivity contribution is -0.247. The van der Waals surface area contributed by atoms with Crippen LogP contribution in [0.1, 0.15) is 13.3 Å². The summed E-state index contributed by atoms with van der Waals surface area (Å²) in [4.78, 5) is 50.5. The molecule has 4 rings (SSSR count). The minimum Gasteiger partial charge on any atom is -0.467 e. The van der Waals surface area contributed by atoms with Crippen LogP contribution < -0.4 is 0 Å². The van der Waals surface area contributed by atoms with Crippen molar-refractivity contribution in [2.24, 2.45) is 23.7 Å². The molecule has 4 aliphatic rings. The first-order chi connectivity index (χ1) is 29.5. The van der Waals surface area contributed by atoms with Gasteiger partial charge < -0.3 is 97.7 Å². The number of carbonyl (C=O) groups is 4. The highest BCUT2D eigenvalue weighted by molar-refractivity contribution is 5.76. The van der Waals surface area contributed by atoms with Crippen LogP contribution in [0, 0.1) is 23.7 Å². The molecule has 4 aliphatic heterocycles. The number of ether oxygens (including phenoxy) is 12. The van der Waals surface area contributed by atoms with E-state index in [1.807, 2.05) is 0 Å². The molecule has 0 aliphatic carbocycles. The molecule has 0 aromatic carbocycles. The van der Waals surface area contributed by atoms with E-state index in [0.717, 1.165) is 28.4 Å². The van der Waals surface area contributed by atoms with Gasteiger partial charge in [0.1, 0.15) is 48.8 Å². The average Bonchev–Trinajstić information content (AvgIpc) is 3.27. The van der Waals surface area contributed by atoms with Crippen molar-refractivity contribution in [2.75, 3.05) is 81.8 Å². The Kier molecular flexibility index (Phi) is 20.0. The standard InChI is InChI=1S/C38H62O24/c1-7-15-23(39)28(44)20(60-31(15)35(47)52-3)12-56-9-17-25(41)30(46)22(62-33(17)37(49)54-5)14-58-10-18-26(42)29(45)21(61-34(18)38(50)55-6)13-57-8-16-24(40)27(43)19(11-51-2)59-32(16)36(48)53-4/h15-34,39-46H,7-14H2,1-6H3/t15-,16+,17+,18-,19-,20+,21+,22-,23+,24+,25+,26+,27?,28?,29?,30?,31?,32?,33?,34?/m1/s1. The van der Waals surface area contributed by atoms with E-state index in [-0.39, 0.29) is 13.0 Å². The lowest BCUT2D eigenvalue weighted by Gasteiger charge is -2.44. The van der Waals surface area contributed by atoms with Gasteiger partial charge in [-0.05, 0) is 6.42 Å². The largest absolute Gasteiger partial charge is 0.467 e. The number of carbonyl (C=O) groups excluding carboxylic acids is 4. The predicted octanol–water partition coefficient (Wildman–Crippen LogP) is -5.79. The maximum absolute atomic E-state index is 12.9. The zero-order valence-electron chi connectivity index (χ0n) is 35.3. The highest BCUT2D eigenvalue weighted by Gasteiger charge is 2.53. The highest BCUT2D eigenvalue weighted by atomic mass is 16.6. The van der Waals surface area contributed by atoms with Crippen molar-refractivity contribution in [3.05, 3.63) is 0 Å². The minimum absolute atomic E-state index is 0.140. The van der Waals surface area contributed by atoms with Gasteiger partial charge >= 0.3 is 23.9 Å². The second kappa shape index (κ2) is 24.0. The van der Waals surface area contributed by atoms with E-state index in [4.69, 9.17) is 56.8 Å². The second-order valence-electron chi connectivity index (χ2n) is 15.5. The molecule has 8 unspecified atom stereocenters. The Labute approximate surface area is 357 Å². The van der Waals surface area contributed by atoms with Gasteiger partial charge in [0, 0.05) is 30.8 Å². The summed E-state index contributed by atoms with van der Waals surface area (Å²) in [6.07, 6.45) is -23.0. The van der Waals surface area contributed by atoms with Crippen molar-refractivity contribution >= 4 is 23.9 Å². The zero-order valence-corrected chi connectivity index (χ0v) is 35.3. The molecule has 4 fully saturated rings. The van der Waals surface area contributed by atoms with E-state index in [2.05, 4.69) is 0 Å². The molecule has 0 saturated carbocycles. The Morgan fingerprint density at radius 2 is 0.613 bits per heavy atom. The first kappa shape index (κ1) is 51.9. The van der Waals surface area contributed by atoms with Crippen molar-refractivity contribution in [3.8, 4) is 0 Å². The van der Waals surface area contributed by atoms with Crippen molar-refractivity contribution in [1.82, 2.24) is 0 Å². The molecule has 0 bridgehead atoms. The Morgan fingerprint density at radius 3 is 0.855 bits per heavy atom. The van der Waals surface area contributed by atoms with Crippen LogP contribution in [0.3, 0.4) is 0 Å². The predicted molar refractivity (Wildman–Crippen MR) is 199 cm³/mol. The van der Waals surface area contributed by atoms with Crippen molar-refractivity contribution in [2.45, 2.75) is 111 Å². The number of aliphatic hydroxyl groups excluding tert-OH is 8. The van der Waals surface area contributed by atoms with Crippen LogP contribution in [0.5, 0.6) is 0 Å². The number of hydrogen-bond donors (Lipinski definition) is 8. The molecule has 20 atom stereocenters. The Morgan fingerprint density at radius 1 is 0.371 bits per heavy atom. The van der Waals surface area contributed by atoms with Gasteiger partial charge in [0.25, 0.3) is 0 Å². The summed E-state index contributed by atoms with van der Waals surface area (Å²) in [6.45, 7) is -1.28. The van der Waals surface area contributed by atoms with E-state index in [1.54, 1.807) is 6.92 Å². The van der Waals surface area contributed by atoms with Gasteiger partial charge in [-0.25, -0.2) is 19.2 Å². The fourth-order valence-corrected chi connectivity index (χ4v) is 8.16. The Balaban J connectivity index is 1.35. The van der Waals surface area contributed by atoms with Gasteiger partial charge in [0.2, 0.25) is 0 Å². The summed E-state index contributed by atoms with van der Waals surface area (Å²) < 4.78 is 64.3. The van der Waals surface area contributed by atoms with E-state index in [1.165, 1.54) is 7.11 Å². The molecule has 0 amide bonds. The molecule has 62 heavy (non-hydrogen) atoms. The first-order valence-electron chi connectivity index (χ1n) is 20.1. The van der Waals surface area contributed by atoms with Crippen molar-refractivity contribution < 1.29 is 117 Å². The van der Waals surface area contributed by atoms with Gasteiger partial charge in [-0.1, -0.05) is 6.92 Å². The van der Waals surface area contributed by atoms with Crippen LogP contribution in [0.2, 0.25) is 0 Å². The fraction of sp³-hybridized carbons (Fsp3) is 0.895. The van der Waals surface area contributed by atoms with E-state index < -0.39 is 185 Å². The number of hydrogen-bond acceptors (Lipinski definition) is 24. The van der Waals surface area contributed by atoms with Crippen molar-refractivity contribution in [3.63, 3.8) is 0 Å². The SMILES string of the molecule is CC[C@H]1C(C(=O)OC)O[C@@H](COC[C@@H]2C(C(=O)OC)O[C@H](COC[C@H]3C(C(=O)OC)O[C@@H](COC[C@@H]4C(C(=O)OC)O[C@H](COC)C(O)[C@H]4O)C(O)[C@H]3O)C(O)[C@H]2O)C(O)[C@H]1O. The van der Waals surface area contributed by atoms with Crippen LogP contribution in [-0.4, -0.2) is 244 Å². The normalized spacial score (nSPS) is 41.2. The third-order valence-corrected chi connectivity index (χ3v) is 11.8. The summed E-state index contributed by atoms with van der Waals surface area (Å²) in [7, 11) is 5.72. The molecular formula is C38H62O24. The summed E-state index contributed by atoms with van der Waals surface area (Å²) in [5.41, 5.74) is 0. The topological polar surface area (TPSA) is 341 Å². The summed E-state index contributed by atoms with van der Waals surface area (Å²) in [6, 6.07) is 0. The molecule has 0 aromatic heterocycles. The van der Waals surface area contributed by atoms with Gasteiger partial charge in [0.05, 0.1) is 99.1 Å². The van der Waals surface area contributed by atoms with Crippen molar-refractivity contribution in [1.29, 1.82) is 0 Å². The van der Waals surface area contributed by atoms with Gasteiger partial charge in [-0.2, -0.15) is 0 Å². The van der Waals surface area contributed by atoms with Crippen LogP contribution in [0.25, 0.3) is 0 Å². The van der Waals surface area contributed by atoms with Crippen LogP contribution in [0.15, 0.2) is 0 Å². The monoisotopic (exact) mass is 902 g/mol. The third kappa shape index (κ3) is 11.7. The first-order valence-corrected chi connectivity index (χ1v) is 20.1. The van der Waals surface area contributed by atoms with Gasteiger partial charge in [-0.3, -0.25) is 0 Å². The highest BCUT2D eigenvalue weighted by Crippen LogP contribution is 2.34. The molecule has 0 spiro atoms. The van der Waals surface area contributed by atoms with E-state index in [9.17, 15) is 60.0 Å². The second-order valence-corrected chi connectivity index (χ2v) is 15.5. The maximum Gasteiger partial charge on any atom is 0.335 e. The minimum atomic E-state index is -1.71. The van der Waals surface area contributed by atoms with Gasteiger partial charge in [-0.15, -0.1) is 0 Å².